The SMILES string of the molecule is Nc1ncc2ncn([C@H]3C[C@H](OP(=O)(O)OC[C@H]4O[C@@H](n5cnc6c(=O)[nH]c(N)nc65)C[C@@H]4O)[C@@H](CO)O3)c2n1. The zero-order chi connectivity index (χ0) is 28.2. The Morgan fingerprint density at radius 1 is 1.07 bits per heavy atom. The van der Waals surface area contributed by atoms with E-state index < -0.39 is 63.5 Å². The zero-order valence-corrected chi connectivity index (χ0v) is 21.4. The summed E-state index contributed by atoms with van der Waals surface area (Å²) in [5.74, 6) is -0.0881. The number of aliphatic hydroxyl groups is 2. The topological polar surface area (TPSA) is 274 Å². The first-order chi connectivity index (χ1) is 19.1. The van der Waals surface area contributed by atoms with E-state index in [1.807, 2.05) is 0 Å². The number of phosphoric acid groups is 1. The lowest BCUT2D eigenvalue weighted by Gasteiger charge is -2.21. The summed E-state index contributed by atoms with van der Waals surface area (Å²) in [6, 6.07) is 0. The molecule has 2 aliphatic rings. The van der Waals surface area contributed by atoms with E-state index in [-0.39, 0.29) is 35.9 Å². The molecule has 0 bridgehead atoms. The first kappa shape index (κ1) is 26.7. The molecule has 2 fully saturated rings. The van der Waals surface area contributed by atoms with E-state index in [9.17, 15) is 24.5 Å². The zero-order valence-electron chi connectivity index (χ0n) is 20.5. The highest BCUT2D eigenvalue weighted by Gasteiger charge is 2.43. The summed E-state index contributed by atoms with van der Waals surface area (Å²) >= 11 is 0. The van der Waals surface area contributed by atoms with Gasteiger partial charge in [0.25, 0.3) is 5.56 Å². The molecule has 0 radical (unpaired) electrons. The summed E-state index contributed by atoms with van der Waals surface area (Å²) in [5.41, 5.74) is 11.8. The molecule has 2 aliphatic heterocycles. The summed E-state index contributed by atoms with van der Waals surface area (Å²) in [6.07, 6.45) is -1.29. The van der Waals surface area contributed by atoms with E-state index in [1.54, 1.807) is 4.57 Å². The highest BCUT2D eigenvalue weighted by Crippen LogP contribution is 2.49. The maximum atomic E-state index is 12.8. The third-order valence-electron chi connectivity index (χ3n) is 6.64. The molecule has 6 rings (SSSR count). The average Bonchev–Trinajstić information content (AvgIpc) is 3.67. The van der Waals surface area contributed by atoms with E-state index >= 15 is 0 Å². The molecule has 214 valence electrons. The number of nitrogens with one attached hydrogen (secondary N) is 1. The van der Waals surface area contributed by atoms with Crippen LogP contribution in [0.5, 0.6) is 0 Å². The lowest BCUT2D eigenvalue weighted by Crippen LogP contribution is -2.29. The second-order valence-corrected chi connectivity index (χ2v) is 10.7. The van der Waals surface area contributed by atoms with Crippen molar-refractivity contribution in [1.82, 2.24) is 39.0 Å². The Bertz CT molecular complexity index is 1660. The lowest BCUT2D eigenvalue weighted by atomic mass is 10.2. The van der Waals surface area contributed by atoms with Crippen LogP contribution in [0.1, 0.15) is 25.3 Å². The second kappa shape index (κ2) is 10.1. The second-order valence-electron chi connectivity index (χ2n) is 9.25. The quantitative estimate of drug-likeness (QED) is 0.130. The summed E-state index contributed by atoms with van der Waals surface area (Å²) in [6.45, 7) is -1.01. The molecule has 0 aromatic carbocycles. The molecule has 40 heavy (non-hydrogen) atoms. The van der Waals surface area contributed by atoms with Crippen molar-refractivity contribution < 1.29 is 38.2 Å². The largest absolute Gasteiger partial charge is 0.472 e. The number of phosphoric ester groups is 1. The maximum Gasteiger partial charge on any atom is 0.472 e. The molecule has 19 nitrogen and oxygen atoms in total. The molecule has 6 heterocycles. The molecular weight excluding hydrogens is 555 g/mol. The summed E-state index contributed by atoms with van der Waals surface area (Å²) in [7, 11) is -4.71. The van der Waals surface area contributed by atoms with Crippen molar-refractivity contribution in [2.45, 2.75) is 49.7 Å². The highest BCUT2D eigenvalue weighted by molar-refractivity contribution is 7.47. The minimum atomic E-state index is -4.71. The minimum absolute atomic E-state index is 0.0286. The molecule has 4 aromatic rings. The van der Waals surface area contributed by atoms with Crippen LogP contribution in [0.15, 0.2) is 23.6 Å². The Labute approximate surface area is 223 Å². The fourth-order valence-corrected chi connectivity index (χ4v) is 5.72. The van der Waals surface area contributed by atoms with Gasteiger partial charge in [-0.2, -0.15) is 9.97 Å². The van der Waals surface area contributed by atoms with Crippen molar-refractivity contribution in [2.24, 2.45) is 0 Å². The lowest BCUT2D eigenvalue weighted by molar-refractivity contribution is -0.0554. The number of nitrogens with two attached hydrogens (primary N) is 2. The molecule has 0 aliphatic carbocycles. The van der Waals surface area contributed by atoms with Crippen LogP contribution in [0.3, 0.4) is 0 Å². The summed E-state index contributed by atoms with van der Waals surface area (Å²) < 4.78 is 37.9. The molecule has 0 amide bonds. The molecule has 20 heteroatoms. The Hall–Kier alpha value is -3.55. The van der Waals surface area contributed by atoms with Crippen molar-refractivity contribution in [3.05, 3.63) is 29.2 Å². The van der Waals surface area contributed by atoms with Gasteiger partial charge in [0.2, 0.25) is 11.9 Å². The van der Waals surface area contributed by atoms with E-state index in [4.69, 9.17) is 30.0 Å². The fraction of sp³-hybridized carbons (Fsp3) is 0.500. The predicted octanol–water partition coefficient (Wildman–Crippen LogP) is -1.45. The number of hydrogen-bond acceptors (Lipinski definition) is 15. The maximum absolute atomic E-state index is 12.8. The van der Waals surface area contributed by atoms with Crippen LogP contribution >= 0.6 is 7.82 Å². The van der Waals surface area contributed by atoms with Crippen LogP contribution in [0.25, 0.3) is 22.3 Å². The summed E-state index contributed by atoms with van der Waals surface area (Å²) in [4.78, 5) is 45.1. The van der Waals surface area contributed by atoms with Crippen molar-refractivity contribution >= 4 is 42.0 Å². The van der Waals surface area contributed by atoms with E-state index in [0.29, 0.717) is 11.2 Å². The highest BCUT2D eigenvalue weighted by atomic mass is 31.2. The van der Waals surface area contributed by atoms with Crippen LogP contribution in [-0.2, 0) is 23.1 Å². The molecule has 7 atom stereocenters. The first-order valence-corrected chi connectivity index (χ1v) is 13.5. The van der Waals surface area contributed by atoms with E-state index in [0.717, 1.165) is 0 Å². The van der Waals surface area contributed by atoms with Gasteiger partial charge in [0.05, 0.1) is 38.2 Å². The first-order valence-electron chi connectivity index (χ1n) is 12.0. The van der Waals surface area contributed by atoms with Gasteiger partial charge in [-0.3, -0.25) is 28.0 Å². The van der Waals surface area contributed by atoms with Gasteiger partial charge in [-0.05, 0) is 0 Å². The number of imidazole rings is 2. The number of H-pyrrole nitrogens is 1. The Balaban J connectivity index is 1.10. The number of aliphatic hydroxyl groups excluding tert-OH is 2. The van der Waals surface area contributed by atoms with Crippen LogP contribution in [0.2, 0.25) is 0 Å². The number of anilines is 2. The van der Waals surface area contributed by atoms with Crippen molar-refractivity contribution in [3.8, 4) is 0 Å². The van der Waals surface area contributed by atoms with Crippen LogP contribution < -0.4 is 17.0 Å². The fourth-order valence-electron chi connectivity index (χ4n) is 4.76. The Morgan fingerprint density at radius 2 is 1.80 bits per heavy atom. The monoisotopic (exact) mass is 580 g/mol. The molecule has 8 N–H and O–H groups in total. The van der Waals surface area contributed by atoms with E-state index in [1.165, 1.54) is 23.4 Å². The molecular formula is C20H25N10O9P. The molecule has 2 saturated heterocycles. The molecule has 0 saturated carbocycles. The van der Waals surface area contributed by atoms with Crippen molar-refractivity contribution in [1.29, 1.82) is 0 Å². The molecule has 0 spiro atoms. The van der Waals surface area contributed by atoms with Crippen LogP contribution in [-0.4, -0.2) is 91.8 Å². The molecule has 1 unspecified atom stereocenters. The van der Waals surface area contributed by atoms with Gasteiger partial charge >= 0.3 is 7.82 Å². The van der Waals surface area contributed by atoms with Crippen molar-refractivity contribution in [3.63, 3.8) is 0 Å². The van der Waals surface area contributed by atoms with Gasteiger partial charge in [0.15, 0.2) is 16.8 Å². The van der Waals surface area contributed by atoms with Crippen molar-refractivity contribution in [2.75, 3.05) is 24.7 Å². The van der Waals surface area contributed by atoms with Gasteiger partial charge < -0.3 is 36.0 Å². The van der Waals surface area contributed by atoms with Gasteiger partial charge in [0.1, 0.15) is 36.3 Å². The summed E-state index contributed by atoms with van der Waals surface area (Å²) in [5, 5.41) is 20.3. The number of fused-ring (bicyclic) bond motifs is 2. The van der Waals surface area contributed by atoms with Gasteiger partial charge in [-0.15, -0.1) is 0 Å². The standard InChI is InChI=1S/C20H25N10O9P/c21-19-23-3-8-16(26-19)29(6-24-8)14-2-10(11(4-31)37-14)39-40(34,35)36-5-12-9(32)1-13(38-12)30-7-25-15-17(30)27-20(22)28-18(15)33/h3,6-7,9-14,31-32H,1-2,4-5H2,(H,34,35)(H2,21,23,26)(H3,22,27,28,33)/t9-,10-,11+,12+,13+,14+/m0/s1. The number of nitrogens with zero attached hydrogens (tertiary/aromatic N) is 7. The van der Waals surface area contributed by atoms with Gasteiger partial charge in [0, 0.05) is 12.8 Å². The number of aromatic amines is 1. The third kappa shape index (κ3) is 4.93. The molecule has 4 aromatic heterocycles. The Morgan fingerprint density at radius 3 is 2.60 bits per heavy atom. The number of aromatic nitrogens is 8. The predicted molar refractivity (Wildman–Crippen MR) is 133 cm³/mol. The van der Waals surface area contributed by atoms with Gasteiger partial charge in [-0.1, -0.05) is 0 Å². The minimum Gasteiger partial charge on any atom is -0.394 e. The van der Waals surface area contributed by atoms with Crippen LogP contribution in [0.4, 0.5) is 11.9 Å². The number of ether oxygens (including phenoxy) is 2. The number of hydrogen-bond donors (Lipinski definition) is 6. The van der Waals surface area contributed by atoms with Gasteiger partial charge in [-0.25, -0.2) is 19.5 Å². The normalized spacial score (nSPS) is 28.5. The number of nitrogen functional groups attached to an aromatic ring is 2. The average molecular weight is 580 g/mol. The smallest absolute Gasteiger partial charge is 0.394 e. The van der Waals surface area contributed by atoms with E-state index in [2.05, 4.69) is 29.9 Å². The van der Waals surface area contributed by atoms with Crippen LogP contribution in [0, 0.1) is 0 Å². The Kier molecular flexibility index (Phi) is 6.75. The number of rotatable bonds is 8. The third-order valence-corrected chi connectivity index (χ3v) is 7.65.